The predicted molar refractivity (Wildman–Crippen MR) is 113 cm³/mol. The quantitative estimate of drug-likeness (QED) is 0.663. The van der Waals surface area contributed by atoms with Crippen LogP contribution in [0.3, 0.4) is 0 Å². The van der Waals surface area contributed by atoms with Crippen LogP contribution in [0.2, 0.25) is 0 Å². The Hall–Kier alpha value is -3.09. The van der Waals surface area contributed by atoms with Gasteiger partial charge in [0.25, 0.3) is 5.91 Å². The number of H-pyrrole nitrogens is 1. The summed E-state index contributed by atoms with van der Waals surface area (Å²) in [5.41, 5.74) is 2.56. The number of carbonyl (C=O) groups excluding carboxylic acids is 1. The summed E-state index contributed by atoms with van der Waals surface area (Å²) in [6.45, 7) is 5.48. The van der Waals surface area contributed by atoms with Crippen LogP contribution in [0.1, 0.15) is 71.9 Å². The summed E-state index contributed by atoms with van der Waals surface area (Å²) < 4.78 is 11.3. The number of ether oxygens (including phenoxy) is 1. The van der Waals surface area contributed by atoms with Gasteiger partial charge in [-0.2, -0.15) is 5.10 Å². The van der Waals surface area contributed by atoms with Crippen molar-refractivity contribution in [2.24, 2.45) is 0 Å². The lowest BCUT2D eigenvalue weighted by molar-refractivity contribution is 0.0692. The molecular weight excluding hydrogens is 380 g/mol. The molecule has 2 aromatic heterocycles. The Morgan fingerprint density at radius 3 is 3.00 bits per heavy atom. The maximum absolute atomic E-state index is 12.9. The zero-order chi connectivity index (χ0) is 21.1. The fourth-order valence-electron chi connectivity index (χ4n) is 3.84. The van der Waals surface area contributed by atoms with E-state index >= 15 is 0 Å². The van der Waals surface area contributed by atoms with Crippen molar-refractivity contribution in [1.82, 2.24) is 20.1 Å². The summed E-state index contributed by atoms with van der Waals surface area (Å²) in [7, 11) is 1.66. The SMILES string of the molecule is COc1cccc(Cc2cnc([C@H]3CCCN(C(=O)c4cc(C(C)C)[nH]n4)C3)o2)c1. The second kappa shape index (κ2) is 8.73. The number of nitrogens with one attached hydrogen (secondary N) is 1. The molecule has 1 aromatic carbocycles. The fraction of sp³-hybridized carbons (Fsp3) is 0.435. The molecule has 3 heterocycles. The van der Waals surface area contributed by atoms with Gasteiger partial charge in [0.1, 0.15) is 17.2 Å². The van der Waals surface area contributed by atoms with E-state index in [1.54, 1.807) is 13.3 Å². The van der Waals surface area contributed by atoms with E-state index in [1.165, 1.54) is 0 Å². The van der Waals surface area contributed by atoms with Gasteiger partial charge in [-0.05, 0) is 42.5 Å². The van der Waals surface area contributed by atoms with E-state index in [9.17, 15) is 4.79 Å². The zero-order valence-corrected chi connectivity index (χ0v) is 17.7. The number of hydrogen-bond donors (Lipinski definition) is 1. The zero-order valence-electron chi connectivity index (χ0n) is 17.7. The van der Waals surface area contributed by atoms with Crippen molar-refractivity contribution in [3.8, 4) is 5.75 Å². The minimum atomic E-state index is -0.0361. The number of hydrogen-bond acceptors (Lipinski definition) is 5. The first-order valence-electron chi connectivity index (χ1n) is 10.5. The number of oxazole rings is 1. The van der Waals surface area contributed by atoms with Crippen LogP contribution in [0.4, 0.5) is 0 Å². The van der Waals surface area contributed by atoms with E-state index in [0.29, 0.717) is 30.5 Å². The van der Waals surface area contributed by atoms with Crippen molar-refractivity contribution in [2.75, 3.05) is 20.2 Å². The molecule has 1 atom stereocenters. The molecule has 1 aliphatic rings. The molecule has 1 fully saturated rings. The van der Waals surface area contributed by atoms with Gasteiger partial charge in [-0.3, -0.25) is 9.89 Å². The summed E-state index contributed by atoms with van der Waals surface area (Å²) >= 11 is 0. The second-order valence-corrected chi connectivity index (χ2v) is 8.15. The molecule has 1 N–H and O–H groups in total. The first-order chi connectivity index (χ1) is 14.5. The second-order valence-electron chi connectivity index (χ2n) is 8.15. The molecule has 3 aromatic rings. The van der Waals surface area contributed by atoms with Gasteiger partial charge in [0.15, 0.2) is 5.89 Å². The molecule has 0 saturated carbocycles. The van der Waals surface area contributed by atoms with E-state index in [1.807, 2.05) is 35.2 Å². The average Bonchev–Trinajstić information content (AvgIpc) is 3.44. The van der Waals surface area contributed by atoms with Crippen molar-refractivity contribution in [1.29, 1.82) is 0 Å². The standard InChI is InChI=1S/C23H28N4O3/c1-15(2)20-12-21(26-25-20)23(28)27-9-5-7-17(14-27)22-24-13-19(30-22)11-16-6-4-8-18(10-16)29-3/h4,6,8,10,12-13,15,17H,5,7,9,11,14H2,1-3H3,(H,25,26)/t17-/m0/s1. The molecule has 7 nitrogen and oxygen atoms in total. The molecule has 158 valence electrons. The Labute approximate surface area is 176 Å². The van der Waals surface area contributed by atoms with Gasteiger partial charge >= 0.3 is 0 Å². The Balaban J connectivity index is 1.42. The van der Waals surface area contributed by atoms with Crippen molar-refractivity contribution >= 4 is 5.91 Å². The Morgan fingerprint density at radius 1 is 1.37 bits per heavy atom. The number of methoxy groups -OCH3 is 1. The van der Waals surface area contributed by atoms with E-state index in [-0.39, 0.29) is 11.8 Å². The van der Waals surface area contributed by atoms with Gasteiger partial charge in [-0.15, -0.1) is 0 Å². The molecule has 1 amide bonds. The van der Waals surface area contributed by atoms with Crippen LogP contribution < -0.4 is 4.74 Å². The molecule has 0 radical (unpaired) electrons. The first kappa shape index (κ1) is 20.2. The number of nitrogens with zero attached hydrogens (tertiary/aromatic N) is 3. The van der Waals surface area contributed by atoms with E-state index in [4.69, 9.17) is 9.15 Å². The smallest absolute Gasteiger partial charge is 0.274 e. The maximum atomic E-state index is 12.9. The van der Waals surface area contributed by atoms with E-state index in [2.05, 4.69) is 29.0 Å². The minimum Gasteiger partial charge on any atom is -0.497 e. The number of rotatable bonds is 6. The highest BCUT2D eigenvalue weighted by atomic mass is 16.5. The fourth-order valence-corrected chi connectivity index (χ4v) is 3.84. The van der Waals surface area contributed by atoms with Gasteiger partial charge in [0.2, 0.25) is 0 Å². The van der Waals surface area contributed by atoms with E-state index < -0.39 is 0 Å². The number of carbonyl (C=O) groups is 1. The molecule has 0 spiro atoms. The summed E-state index contributed by atoms with van der Waals surface area (Å²) in [5, 5.41) is 7.18. The Bertz CT molecular complexity index is 1010. The number of aromatic nitrogens is 3. The highest BCUT2D eigenvalue weighted by Gasteiger charge is 2.29. The Kier molecular flexibility index (Phi) is 5.88. The third kappa shape index (κ3) is 4.40. The van der Waals surface area contributed by atoms with Gasteiger partial charge in [-0.1, -0.05) is 26.0 Å². The molecule has 4 rings (SSSR count). The third-order valence-corrected chi connectivity index (χ3v) is 5.58. The van der Waals surface area contributed by atoms with Crippen LogP contribution in [-0.2, 0) is 6.42 Å². The number of amides is 1. The molecule has 30 heavy (non-hydrogen) atoms. The highest BCUT2D eigenvalue weighted by Crippen LogP contribution is 2.28. The Morgan fingerprint density at radius 2 is 2.23 bits per heavy atom. The molecule has 1 saturated heterocycles. The summed E-state index contributed by atoms with van der Waals surface area (Å²) in [4.78, 5) is 19.3. The van der Waals surface area contributed by atoms with Crippen molar-refractivity contribution in [3.63, 3.8) is 0 Å². The number of benzene rings is 1. The van der Waals surface area contributed by atoms with Gasteiger partial charge < -0.3 is 14.1 Å². The van der Waals surface area contributed by atoms with Crippen LogP contribution in [0.5, 0.6) is 5.75 Å². The molecule has 0 aliphatic carbocycles. The summed E-state index contributed by atoms with van der Waals surface area (Å²) in [5.74, 6) is 2.72. The molecular formula is C23H28N4O3. The van der Waals surface area contributed by atoms with Crippen molar-refractivity contribution in [3.05, 3.63) is 65.1 Å². The molecule has 7 heteroatoms. The summed E-state index contributed by atoms with van der Waals surface area (Å²) in [6, 6.07) is 9.79. The van der Waals surface area contributed by atoms with Gasteiger partial charge in [-0.25, -0.2) is 4.98 Å². The van der Waals surface area contributed by atoms with Crippen LogP contribution in [0, 0.1) is 0 Å². The lowest BCUT2D eigenvalue weighted by Gasteiger charge is -2.30. The normalized spacial score (nSPS) is 16.8. The van der Waals surface area contributed by atoms with Crippen LogP contribution in [0.25, 0.3) is 0 Å². The monoisotopic (exact) mass is 408 g/mol. The summed E-state index contributed by atoms with van der Waals surface area (Å²) in [6.07, 6.45) is 4.33. The third-order valence-electron chi connectivity index (χ3n) is 5.58. The highest BCUT2D eigenvalue weighted by molar-refractivity contribution is 5.92. The van der Waals surface area contributed by atoms with Gasteiger partial charge in [0.05, 0.1) is 19.2 Å². The molecule has 1 aliphatic heterocycles. The van der Waals surface area contributed by atoms with Crippen LogP contribution in [0.15, 0.2) is 40.9 Å². The number of piperidine rings is 1. The largest absolute Gasteiger partial charge is 0.497 e. The molecule has 0 bridgehead atoms. The van der Waals surface area contributed by atoms with Crippen molar-refractivity contribution < 1.29 is 13.9 Å². The van der Waals surface area contributed by atoms with E-state index in [0.717, 1.165) is 42.2 Å². The number of likely N-dealkylation sites (tertiary alicyclic amines) is 1. The van der Waals surface area contributed by atoms with Crippen LogP contribution in [-0.4, -0.2) is 46.2 Å². The lowest BCUT2D eigenvalue weighted by Crippen LogP contribution is -2.39. The minimum absolute atomic E-state index is 0.0361. The van der Waals surface area contributed by atoms with Crippen molar-refractivity contribution in [2.45, 2.75) is 44.9 Å². The maximum Gasteiger partial charge on any atom is 0.274 e. The predicted octanol–water partition coefficient (Wildman–Crippen LogP) is 4.14. The average molecular weight is 409 g/mol. The van der Waals surface area contributed by atoms with Crippen LogP contribution >= 0.6 is 0 Å². The number of aromatic amines is 1. The molecule has 0 unspecified atom stereocenters. The van der Waals surface area contributed by atoms with Gasteiger partial charge in [0, 0.05) is 25.2 Å². The first-order valence-corrected chi connectivity index (χ1v) is 10.5. The topological polar surface area (TPSA) is 84.2 Å². The lowest BCUT2D eigenvalue weighted by atomic mass is 9.97.